The zero-order chi connectivity index (χ0) is 5.83. The van der Waals surface area contributed by atoms with Crippen LogP contribution in [-0.4, -0.2) is 4.33 Å². The zero-order valence-electron chi connectivity index (χ0n) is 4.58. The van der Waals surface area contributed by atoms with Gasteiger partial charge in [0.05, 0.1) is 0 Å². The maximum absolute atomic E-state index is 5.87. The van der Waals surface area contributed by atoms with Gasteiger partial charge in [0, 0.05) is 5.41 Å². The third kappa shape index (κ3) is 0.440. The highest BCUT2D eigenvalue weighted by Crippen LogP contribution is 2.73. The summed E-state index contributed by atoms with van der Waals surface area (Å²) in [7, 11) is 0. The highest BCUT2D eigenvalue weighted by Gasteiger charge is 2.68. The second kappa shape index (κ2) is 1.19. The van der Waals surface area contributed by atoms with Gasteiger partial charge in [-0.1, -0.05) is 6.42 Å². The van der Waals surface area contributed by atoms with Crippen molar-refractivity contribution in [3.63, 3.8) is 0 Å². The molecule has 46 valence electrons. The molecule has 0 N–H and O–H groups in total. The van der Waals surface area contributed by atoms with Crippen molar-refractivity contribution in [3.8, 4) is 0 Å². The van der Waals surface area contributed by atoms with Gasteiger partial charge in [0.1, 0.15) is 4.33 Å². The molecular weight excluding hydrogens is 143 g/mol. The standard InChI is InChI=1S/C6H8Cl2/c7-6(8)4-5(6)2-1-3-5/h1-4H2. The molecule has 0 bridgehead atoms. The average molecular weight is 151 g/mol. The third-order valence-corrected chi connectivity index (χ3v) is 3.59. The summed E-state index contributed by atoms with van der Waals surface area (Å²) < 4.78 is -0.314. The van der Waals surface area contributed by atoms with Crippen LogP contribution in [0.5, 0.6) is 0 Å². The molecule has 1 spiro atoms. The molecule has 0 aliphatic heterocycles. The summed E-state index contributed by atoms with van der Waals surface area (Å²) in [6.07, 6.45) is 4.91. The number of hydrogen-bond acceptors (Lipinski definition) is 0. The molecule has 0 aromatic heterocycles. The van der Waals surface area contributed by atoms with Crippen LogP contribution in [0.4, 0.5) is 0 Å². The van der Waals surface area contributed by atoms with Crippen LogP contribution in [0.2, 0.25) is 0 Å². The van der Waals surface area contributed by atoms with E-state index in [4.69, 9.17) is 23.2 Å². The molecule has 2 saturated carbocycles. The van der Waals surface area contributed by atoms with Crippen LogP contribution in [-0.2, 0) is 0 Å². The summed E-state index contributed by atoms with van der Waals surface area (Å²) in [5.74, 6) is 0. The van der Waals surface area contributed by atoms with Crippen LogP contribution in [0.1, 0.15) is 25.7 Å². The molecular formula is C6H8Cl2. The number of hydrogen-bond donors (Lipinski definition) is 0. The predicted octanol–water partition coefficient (Wildman–Crippen LogP) is 2.73. The van der Waals surface area contributed by atoms with Crippen LogP contribution < -0.4 is 0 Å². The first-order valence-electron chi connectivity index (χ1n) is 3.04. The van der Waals surface area contributed by atoms with Gasteiger partial charge in [-0.15, -0.1) is 23.2 Å². The Hall–Kier alpha value is 0.580. The van der Waals surface area contributed by atoms with Gasteiger partial charge in [0.25, 0.3) is 0 Å². The number of rotatable bonds is 0. The minimum absolute atomic E-state index is 0.314. The van der Waals surface area contributed by atoms with Crippen LogP contribution in [0.25, 0.3) is 0 Å². The van der Waals surface area contributed by atoms with Crippen molar-refractivity contribution >= 4 is 23.2 Å². The minimum Gasteiger partial charge on any atom is -0.101 e. The van der Waals surface area contributed by atoms with Gasteiger partial charge in [-0.25, -0.2) is 0 Å². The second-order valence-corrected chi connectivity index (χ2v) is 4.50. The van der Waals surface area contributed by atoms with Gasteiger partial charge in [-0.3, -0.25) is 0 Å². The Bertz CT molecular complexity index is 124. The van der Waals surface area contributed by atoms with Crippen molar-refractivity contribution in [1.29, 1.82) is 0 Å². The van der Waals surface area contributed by atoms with Crippen molar-refractivity contribution in [3.05, 3.63) is 0 Å². The van der Waals surface area contributed by atoms with Crippen molar-refractivity contribution in [2.24, 2.45) is 5.41 Å². The van der Waals surface area contributed by atoms with Gasteiger partial charge in [0.2, 0.25) is 0 Å². The Balaban J connectivity index is 2.12. The maximum atomic E-state index is 5.87. The maximum Gasteiger partial charge on any atom is 0.124 e. The molecule has 0 aromatic carbocycles. The SMILES string of the molecule is ClC1(Cl)CC12CCC2. The van der Waals surface area contributed by atoms with Gasteiger partial charge in [0.15, 0.2) is 0 Å². The third-order valence-electron chi connectivity index (χ3n) is 2.52. The lowest BCUT2D eigenvalue weighted by Gasteiger charge is -2.26. The normalized spacial score (nSPS) is 36.8. The van der Waals surface area contributed by atoms with Gasteiger partial charge >= 0.3 is 0 Å². The molecule has 0 amide bonds. The van der Waals surface area contributed by atoms with Crippen LogP contribution >= 0.6 is 23.2 Å². The lowest BCUT2D eigenvalue weighted by atomic mass is 9.82. The van der Waals surface area contributed by atoms with Gasteiger partial charge < -0.3 is 0 Å². The van der Waals surface area contributed by atoms with E-state index in [1.54, 1.807) is 0 Å². The predicted molar refractivity (Wildman–Crippen MR) is 35.3 cm³/mol. The molecule has 2 aliphatic rings. The summed E-state index contributed by atoms with van der Waals surface area (Å²) in [5.41, 5.74) is 0.399. The molecule has 0 aromatic rings. The van der Waals surface area contributed by atoms with Crippen molar-refractivity contribution < 1.29 is 0 Å². The Kier molecular flexibility index (Phi) is 0.802. The molecule has 2 rings (SSSR count). The van der Waals surface area contributed by atoms with Gasteiger partial charge in [-0.05, 0) is 19.3 Å². The van der Waals surface area contributed by atoms with Crippen molar-refractivity contribution in [2.75, 3.05) is 0 Å². The largest absolute Gasteiger partial charge is 0.124 e. The molecule has 0 atom stereocenters. The van der Waals surface area contributed by atoms with E-state index in [-0.39, 0.29) is 4.33 Å². The van der Waals surface area contributed by atoms with Gasteiger partial charge in [-0.2, -0.15) is 0 Å². The molecule has 0 radical (unpaired) electrons. The summed E-state index contributed by atoms with van der Waals surface area (Å²) in [4.78, 5) is 0. The Morgan fingerprint density at radius 3 is 1.62 bits per heavy atom. The van der Waals surface area contributed by atoms with Crippen LogP contribution in [0, 0.1) is 5.41 Å². The van der Waals surface area contributed by atoms with E-state index in [1.165, 1.54) is 19.3 Å². The van der Waals surface area contributed by atoms with Crippen molar-refractivity contribution in [2.45, 2.75) is 30.0 Å². The van der Waals surface area contributed by atoms with E-state index in [0.717, 1.165) is 6.42 Å². The Labute approximate surface area is 59.2 Å². The molecule has 0 unspecified atom stereocenters. The summed E-state index contributed by atoms with van der Waals surface area (Å²) in [6, 6.07) is 0. The summed E-state index contributed by atoms with van der Waals surface area (Å²) in [5, 5.41) is 0. The molecule has 2 fully saturated rings. The second-order valence-electron chi connectivity index (χ2n) is 3.02. The van der Waals surface area contributed by atoms with Crippen LogP contribution in [0.15, 0.2) is 0 Å². The average Bonchev–Trinajstić information content (AvgIpc) is 2.05. The smallest absolute Gasteiger partial charge is 0.101 e. The minimum atomic E-state index is -0.314. The van der Waals surface area contributed by atoms with E-state index < -0.39 is 0 Å². The van der Waals surface area contributed by atoms with Crippen LogP contribution in [0.3, 0.4) is 0 Å². The first-order chi connectivity index (χ1) is 3.66. The van der Waals surface area contributed by atoms with E-state index in [9.17, 15) is 0 Å². The number of halogens is 2. The van der Waals surface area contributed by atoms with Crippen molar-refractivity contribution in [1.82, 2.24) is 0 Å². The molecule has 2 aliphatic carbocycles. The molecule has 0 saturated heterocycles. The quantitative estimate of drug-likeness (QED) is 0.467. The highest BCUT2D eigenvalue weighted by atomic mass is 35.5. The fraction of sp³-hybridized carbons (Fsp3) is 1.00. The van der Waals surface area contributed by atoms with E-state index in [0.29, 0.717) is 5.41 Å². The monoisotopic (exact) mass is 150 g/mol. The number of alkyl halides is 2. The van der Waals surface area contributed by atoms with E-state index >= 15 is 0 Å². The lowest BCUT2D eigenvalue weighted by molar-refractivity contribution is 0.284. The lowest BCUT2D eigenvalue weighted by Crippen LogP contribution is -2.18. The Morgan fingerprint density at radius 1 is 1.12 bits per heavy atom. The molecule has 8 heavy (non-hydrogen) atoms. The molecule has 0 nitrogen and oxygen atoms in total. The zero-order valence-corrected chi connectivity index (χ0v) is 6.10. The van der Waals surface area contributed by atoms with E-state index in [1.807, 2.05) is 0 Å². The topological polar surface area (TPSA) is 0 Å². The fourth-order valence-electron chi connectivity index (χ4n) is 1.53. The fourth-order valence-corrected chi connectivity index (χ4v) is 2.42. The molecule has 2 heteroatoms. The van der Waals surface area contributed by atoms with E-state index in [2.05, 4.69) is 0 Å². The Morgan fingerprint density at radius 2 is 1.62 bits per heavy atom. The summed E-state index contributed by atoms with van der Waals surface area (Å²) >= 11 is 11.7. The molecule has 0 heterocycles. The first kappa shape index (κ1) is 5.37. The summed E-state index contributed by atoms with van der Waals surface area (Å²) in [6.45, 7) is 0. The first-order valence-corrected chi connectivity index (χ1v) is 3.80. The highest BCUT2D eigenvalue weighted by molar-refractivity contribution is 6.51.